The molecule has 1 heterocycles. The summed E-state index contributed by atoms with van der Waals surface area (Å²) in [4.78, 5) is 26.1. The summed E-state index contributed by atoms with van der Waals surface area (Å²) < 4.78 is 31.8. The molecular formula is C19H21N3O5S. The van der Waals surface area contributed by atoms with Gasteiger partial charge >= 0.3 is 0 Å². The van der Waals surface area contributed by atoms with Crippen molar-refractivity contribution in [3.8, 4) is 5.75 Å². The van der Waals surface area contributed by atoms with E-state index in [2.05, 4.69) is 10.0 Å². The summed E-state index contributed by atoms with van der Waals surface area (Å²) in [7, 11) is -2.29. The van der Waals surface area contributed by atoms with E-state index in [4.69, 9.17) is 4.74 Å². The molecule has 3 rings (SSSR count). The standard InChI is InChI=1S/C19H21N3O5S/c1-13-7-8-14(11-17(13)28(25,26)20-2)21-18(23)9-10-22-15-5-3-4-6-16(15)27-12-19(22)24/h3-8,11,20H,9-10,12H2,1-2H3,(H,21,23). The maximum Gasteiger partial charge on any atom is 0.265 e. The minimum Gasteiger partial charge on any atom is -0.482 e. The van der Waals surface area contributed by atoms with Crippen LogP contribution < -0.4 is 19.7 Å². The van der Waals surface area contributed by atoms with Crippen LogP contribution in [0.15, 0.2) is 47.4 Å². The van der Waals surface area contributed by atoms with Gasteiger partial charge in [0.1, 0.15) is 5.75 Å². The SMILES string of the molecule is CNS(=O)(=O)c1cc(NC(=O)CCN2C(=O)COc3ccccc32)ccc1C. The number of fused-ring (bicyclic) bond motifs is 1. The van der Waals surface area contributed by atoms with Crippen molar-refractivity contribution in [2.75, 3.05) is 30.4 Å². The number of benzene rings is 2. The highest BCUT2D eigenvalue weighted by molar-refractivity contribution is 7.89. The molecule has 2 amide bonds. The molecule has 0 aliphatic carbocycles. The number of rotatable bonds is 6. The van der Waals surface area contributed by atoms with Gasteiger partial charge in [-0.1, -0.05) is 18.2 Å². The van der Waals surface area contributed by atoms with Crippen molar-refractivity contribution >= 4 is 33.2 Å². The minimum absolute atomic E-state index is 0.0576. The van der Waals surface area contributed by atoms with Crippen LogP contribution in [0.3, 0.4) is 0 Å². The largest absolute Gasteiger partial charge is 0.482 e. The second kappa shape index (κ2) is 7.99. The molecule has 2 aromatic rings. The van der Waals surface area contributed by atoms with Gasteiger partial charge in [0.15, 0.2) is 6.61 Å². The third kappa shape index (κ3) is 4.15. The lowest BCUT2D eigenvalue weighted by molar-refractivity contribution is -0.121. The second-order valence-electron chi connectivity index (χ2n) is 6.29. The van der Waals surface area contributed by atoms with E-state index in [-0.39, 0.29) is 36.3 Å². The predicted molar refractivity (Wildman–Crippen MR) is 105 cm³/mol. The average Bonchev–Trinajstić information content (AvgIpc) is 2.68. The fourth-order valence-corrected chi connectivity index (χ4v) is 3.91. The van der Waals surface area contributed by atoms with Gasteiger partial charge in [0, 0.05) is 18.7 Å². The van der Waals surface area contributed by atoms with Crippen LogP contribution >= 0.6 is 0 Å². The van der Waals surface area contributed by atoms with Gasteiger partial charge < -0.3 is 15.0 Å². The number of nitrogens with zero attached hydrogens (tertiary/aromatic N) is 1. The highest BCUT2D eigenvalue weighted by Crippen LogP contribution is 2.31. The quantitative estimate of drug-likeness (QED) is 0.763. The molecule has 0 saturated heterocycles. The predicted octanol–water partition coefficient (Wildman–Crippen LogP) is 1.66. The van der Waals surface area contributed by atoms with Gasteiger partial charge in [0.2, 0.25) is 15.9 Å². The van der Waals surface area contributed by atoms with Gasteiger partial charge in [-0.25, -0.2) is 13.1 Å². The summed E-state index contributed by atoms with van der Waals surface area (Å²) in [6.07, 6.45) is 0.0576. The number of sulfonamides is 1. The summed E-state index contributed by atoms with van der Waals surface area (Å²) >= 11 is 0. The Hall–Kier alpha value is -2.91. The van der Waals surface area contributed by atoms with Gasteiger partial charge in [-0.05, 0) is 43.8 Å². The van der Waals surface area contributed by atoms with Gasteiger partial charge in [0.05, 0.1) is 10.6 Å². The Labute approximate surface area is 163 Å². The molecule has 148 valence electrons. The average molecular weight is 403 g/mol. The summed E-state index contributed by atoms with van der Waals surface area (Å²) in [5.41, 5.74) is 1.57. The Bertz CT molecular complexity index is 1020. The number of ether oxygens (including phenoxy) is 1. The molecule has 0 bridgehead atoms. The minimum atomic E-state index is -3.63. The number of nitrogens with one attached hydrogen (secondary N) is 2. The summed E-state index contributed by atoms with van der Waals surface area (Å²) in [5, 5.41) is 2.68. The van der Waals surface area contributed by atoms with E-state index in [9.17, 15) is 18.0 Å². The molecule has 0 spiro atoms. The first kappa shape index (κ1) is 19.8. The maximum absolute atomic E-state index is 12.3. The third-order valence-corrected chi connectivity index (χ3v) is 5.96. The van der Waals surface area contributed by atoms with Crippen LogP contribution in [0.2, 0.25) is 0 Å². The molecule has 0 radical (unpaired) electrons. The van der Waals surface area contributed by atoms with E-state index >= 15 is 0 Å². The molecule has 28 heavy (non-hydrogen) atoms. The Kier molecular flexibility index (Phi) is 5.66. The number of carbonyl (C=O) groups is 2. The van der Waals surface area contributed by atoms with Crippen LogP contribution in [-0.2, 0) is 19.6 Å². The molecule has 9 heteroatoms. The Balaban J connectivity index is 1.69. The van der Waals surface area contributed by atoms with E-state index < -0.39 is 10.0 Å². The van der Waals surface area contributed by atoms with Gasteiger partial charge in [-0.15, -0.1) is 0 Å². The molecule has 8 nitrogen and oxygen atoms in total. The Morgan fingerprint density at radius 3 is 2.71 bits per heavy atom. The van der Waals surface area contributed by atoms with Crippen molar-refractivity contribution < 1.29 is 22.7 Å². The van der Waals surface area contributed by atoms with E-state index in [0.29, 0.717) is 22.7 Å². The number of anilines is 2. The molecule has 0 aromatic heterocycles. The number of hydrogen-bond donors (Lipinski definition) is 2. The first-order valence-corrected chi connectivity index (χ1v) is 10.2. The molecule has 1 aliphatic heterocycles. The fourth-order valence-electron chi connectivity index (χ4n) is 2.91. The number of amides is 2. The lowest BCUT2D eigenvalue weighted by Gasteiger charge is -2.29. The maximum atomic E-state index is 12.3. The van der Waals surface area contributed by atoms with Crippen molar-refractivity contribution in [2.45, 2.75) is 18.2 Å². The van der Waals surface area contributed by atoms with Gasteiger partial charge in [-0.2, -0.15) is 0 Å². The van der Waals surface area contributed by atoms with Crippen LogP contribution in [0.4, 0.5) is 11.4 Å². The van der Waals surface area contributed by atoms with Crippen molar-refractivity contribution in [2.24, 2.45) is 0 Å². The summed E-state index contributed by atoms with van der Waals surface area (Å²) in [6, 6.07) is 11.8. The third-order valence-electron chi connectivity index (χ3n) is 4.40. The molecule has 0 unspecified atom stereocenters. The first-order chi connectivity index (χ1) is 13.3. The molecule has 0 fully saturated rings. The topological polar surface area (TPSA) is 105 Å². The van der Waals surface area contributed by atoms with Crippen molar-refractivity contribution in [1.82, 2.24) is 4.72 Å². The zero-order valence-corrected chi connectivity index (χ0v) is 16.4. The van der Waals surface area contributed by atoms with E-state index in [1.54, 1.807) is 37.3 Å². The molecule has 0 atom stereocenters. The van der Waals surface area contributed by atoms with Crippen LogP contribution in [0.5, 0.6) is 5.75 Å². The number of aryl methyl sites for hydroxylation is 1. The van der Waals surface area contributed by atoms with Crippen LogP contribution in [0, 0.1) is 6.92 Å². The lowest BCUT2D eigenvalue weighted by atomic mass is 10.2. The molecule has 1 aliphatic rings. The molecule has 2 aromatic carbocycles. The fraction of sp³-hybridized carbons (Fsp3) is 0.263. The van der Waals surface area contributed by atoms with Crippen LogP contribution in [0.1, 0.15) is 12.0 Å². The monoisotopic (exact) mass is 403 g/mol. The van der Waals surface area contributed by atoms with E-state index in [1.165, 1.54) is 18.0 Å². The molecular weight excluding hydrogens is 382 g/mol. The zero-order valence-electron chi connectivity index (χ0n) is 15.6. The first-order valence-electron chi connectivity index (χ1n) is 8.68. The smallest absolute Gasteiger partial charge is 0.265 e. The Morgan fingerprint density at radius 1 is 1.21 bits per heavy atom. The van der Waals surface area contributed by atoms with E-state index in [1.807, 2.05) is 6.07 Å². The normalized spacial score (nSPS) is 13.6. The highest BCUT2D eigenvalue weighted by atomic mass is 32.2. The second-order valence-corrected chi connectivity index (χ2v) is 8.14. The molecule has 0 saturated carbocycles. The van der Waals surface area contributed by atoms with Crippen molar-refractivity contribution in [3.63, 3.8) is 0 Å². The number of carbonyl (C=O) groups excluding carboxylic acids is 2. The van der Waals surface area contributed by atoms with Crippen LogP contribution in [0.25, 0.3) is 0 Å². The molecule has 2 N–H and O–H groups in total. The van der Waals surface area contributed by atoms with Gasteiger partial charge in [-0.3, -0.25) is 9.59 Å². The van der Waals surface area contributed by atoms with E-state index in [0.717, 1.165) is 0 Å². The summed E-state index contributed by atoms with van der Waals surface area (Å²) in [5.74, 6) is 0.0561. The highest BCUT2D eigenvalue weighted by Gasteiger charge is 2.25. The zero-order chi connectivity index (χ0) is 20.3. The van der Waals surface area contributed by atoms with Crippen LogP contribution in [-0.4, -0.2) is 40.4 Å². The van der Waals surface area contributed by atoms with Crippen molar-refractivity contribution in [3.05, 3.63) is 48.0 Å². The Morgan fingerprint density at radius 2 is 1.96 bits per heavy atom. The number of hydrogen-bond acceptors (Lipinski definition) is 5. The van der Waals surface area contributed by atoms with Gasteiger partial charge in [0.25, 0.3) is 5.91 Å². The summed E-state index contributed by atoms with van der Waals surface area (Å²) in [6.45, 7) is 1.80. The number of para-hydroxylation sites is 2. The van der Waals surface area contributed by atoms with Crippen molar-refractivity contribution in [1.29, 1.82) is 0 Å². The lowest BCUT2D eigenvalue weighted by Crippen LogP contribution is -2.40.